The molecule has 100 valence electrons. The second-order valence-corrected chi connectivity index (χ2v) is 5.22. The van der Waals surface area contributed by atoms with Gasteiger partial charge in [-0.3, -0.25) is 0 Å². The van der Waals surface area contributed by atoms with Crippen molar-refractivity contribution in [3.8, 4) is 5.69 Å². The first-order chi connectivity index (χ1) is 9.20. The van der Waals surface area contributed by atoms with Crippen molar-refractivity contribution >= 4 is 0 Å². The quantitative estimate of drug-likeness (QED) is 0.900. The average Bonchev–Trinajstić information content (AvgIpc) is 2.76. The van der Waals surface area contributed by atoms with Crippen molar-refractivity contribution in [3.05, 3.63) is 47.0 Å². The Morgan fingerprint density at radius 1 is 1.42 bits per heavy atom. The van der Waals surface area contributed by atoms with Gasteiger partial charge in [-0.15, -0.1) is 0 Å². The number of benzene rings is 1. The number of fused-ring (bicyclic) bond motifs is 1. The lowest BCUT2D eigenvalue weighted by Gasteiger charge is -2.22. The standard InChI is InChI=1S/C15H18FN3/c1-10-12-8-11(9-17)6-7-14(12)19(18-10)15-5-3-2-4-13(15)16/h2-5,11H,6-9,17H2,1H3. The van der Waals surface area contributed by atoms with E-state index in [-0.39, 0.29) is 5.82 Å². The zero-order chi connectivity index (χ0) is 13.4. The number of nitrogens with zero attached hydrogens (tertiary/aromatic N) is 2. The summed E-state index contributed by atoms with van der Waals surface area (Å²) in [5.74, 6) is 0.304. The Hall–Kier alpha value is -1.68. The van der Waals surface area contributed by atoms with Gasteiger partial charge in [-0.1, -0.05) is 12.1 Å². The van der Waals surface area contributed by atoms with E-state index in [4.69, 9.17) is 5.73 Å². The molecule has 0 fully saturated rings. The van der Waals surface area contributed by atoms with Crippen LogP contribution in [0.1, 0.15) is 23.4 Å². The second-order valence-electron chi connectivity index (χ2n) is 5.22. The van der Waals surface area contributed by atoms with Crippen LogP contribution in [0.5, 0.6) is 0 Å². The Kier molecular flexibility index (Phi) is 3.11. The molecular formula is C15H18FN3. The Morgan fingerprint density at radius 3 is 2.95 bits per heavy atom. The molecule has 2 aromatic rings. The van der Waals surface area contributed by atoms with E-state index in [1.807, 2.05) is 13.0 Å². The Labute approximate surface area is 112 Å². The van der Waals surface area contributed by atoms with Gasteiger partial charge in [0.2, 0.25) is 0 Å². The van der Waals surface area contributed by atoms with E-state index in [0.29, 0.717) is 18.2 Å². The molecule has 1 heterocycles. The van der Waals surface area contributed by atoms with Crippen molar-refractivity contribution in [2.24, 2.45) is 11.7 Å². The fraction of sp³-hybridized carbons (Fsp3) is 0.400. The zero-order valence-corrected chi connectivity index (χ0v) is 11.1. The fourth-order valence-corrected chi connectivity index (χ4v) is 2.89. The summed E-state index contributed by atoms with van der Waals surface area (Å²) in [6.07, 6.45) is 2.95. The van der Waals surface area contributed by atoms with Crippen molar-refractivity contribution in [2.45, 2.75) is 26.2 Å². The highest BCUT2D eigenvalue weighted by Crippen LogP contribution is 2.29. The van der Waals surface area contributed by atoms with Crippen molar-refractivity contribution < 1.29 is 4.39 Å². The van der Waals surface area contributed by atoms with E-state index >= 15 is 0 Å². The smallest absolute Gasteiger partial charge is 0.148 e. The molecule has 0 aliphatic heterocycles. The molecule has 0 saturated carbocycles. The van der Waals surface area contributed by atoms with Crippen molar-refractivity contribution in [1.29, 1.82) is 0 Å². The number of aromatic nitrogens is 2. The summed E-state index contributed by atoms with van der Waals surface area (Å²) in [7, 11) is 0. The summed E-state index contributed by atoms with van der Waals surface area (Å²) in [5.41, 5.74) is 9.70. The minimum Gasteiger partial charge on any atom is -0.330 e. The number of aryl methyl sites for hydroxylation is 1. The summed E-state index contributed by atoms with van der Waals surface area (Å²) in [5, 5.41) is 4.53. The van der Waals surface area contributed by atoms with E-state index in [1.54, 1.807) is 16.8 Å². The molecular weight excluding hydrogens is 241 g/mol. The van der Waals surface area contributed by atoms with Gasteiger partial charge in [0.25, 0.3) is 0 Å². The second kappa shape index (κ2) is 4.78. The molecule has 0 saturated heterocycles. The van der Waals surface area contributed by atoms with Crippen LogP contribution in [-0.2, 0) is 12.8 Å². The lowest BCUT2D eigenvalue weighted by molar-refractivity contribution is 0.460. The topological polar surface area (TPSA) is 43.8 Å². The molecule has 3 nitrogen and oxygen atoms in total. The van der Waals surface area contributed by atoms with Crippen molar-refractivity contribution in [2.75, 3.05) is 6.54 Å². The van der Waals surface area contributed by atoms with Gasteiger partial charge in [0, 0.05) is 5.69 Å². The number of halogens is 1. The first-order valence-electron chi connectivity index (χ1n) is 6.73. The maximum Gasteiger partial charge on any atom is 0.148 e. The Morgan fingerprint density at radius 2 is 2.21 bits per heavy atom. The van der Waals surface area contributed by atoms with E-state index < -0.39 is 0 Å². The van der Waals surface area contributed by atoms with Crippen LogP contribution in [-0.4, -0.2) is 16.3 Å². The van der Waals surface area contributed by atoms with Gasteiger partial charge in [-0.25, -0.2) is 9.07 Å². The highest BCUT2D eigenvalue weighted by atomic mass is 19.1. The highest BCUT2D eigenvalue weighted by molar-refractivity contribution is 5.39. The van der Waals surface area contributed by atoms with Crippen LogP contribution < -0.4 is 5.73 Å². The van der Waals surface area contributed by atoms with Crippen molar-refractivity contribution in [1.82, 2.24) is 9.78 Å². The molecule has 2 N–H and O–H groups in total. The molecule has 0 spiro atoms. The molecule has 19 heavy (non-hydrogen) atoms. The van der Waals surface area contributed by atoms with Gasteiger partial charge >= 0.3 is 0 Å². The summed E-state index contributed by atoms with van der Waals surface area (Å²) in [4.78, 5) is 0. The number of nitrogens with two attached hydrogens (primary N) is 1. The molecule has 1 atom stereocenters. The minimum absolute atomic E-state index is 0.228. The van der Waals surface area contributed by atoms with E-state index in [9.17, 15) is 4.39 Å². The first kappa shape index (κ1) is 12.4. The van der Waals surface area contributed by atoms with Crippen LogP contribution >= 0.6 is 0 Å². The summed E-state index contributed by atoms with van der Waals surface area (Å²) < 4.78 is 15.7. The third-order valence-corrected chi connectivity index (χ3v) is 3.99. The average molecular weight is 259 g/mol. The third kappa shape index (κ3) is 2.06. The minimum atomic E-state index is -0.228. The molecule has 0 amide bonds. The van der Waals surface area contributed by atoms with Crippen molar-refractivity contribution in [3.63, 3.8) is 0 Å². The monoisotopic (exact) mass is 259 g/mol. The lowest BCUT2D eigenvalue weighted by atomic mass is 9.86. The van der Waals surface area contributed by atoms with E-state index in [0.717, 1.165) is 30.7 Å². The largest absolute Gasteiger partial charge is 0.330 e. The van der Waals surface area contributed by atoms with Crippen LogP contribution in [0, 0.1) is 18.7 Å². The Balaban J connectivity index is 2.08. The summed E-state index contributed by atoms with van der Waals surface area (Å²) in [6.45, 7) is 2.71. The SMILES string of the molecule is Cc1nn(-c2ccccc2F)c2c1CC(CN)CC2. The molecule has 1 unspecified atom stereocenters. The van der Waals surface area contributed by atoms with Crippen LogP contribution in [0.4, 0.5) is 4.39 Å². The maximum atomic E-state index is 13.9. The molecule has 3 rings (SSSR count). The zero-order valence-electron chi connectivity index (χ0n) is 11.1. The number of para-hydroxylation sites is 1. The first-order valence-corrected chi connectivity index (χ1v) is 6.73. The van der Waals surface area contributed by atoms with Gasteiger partial charge in [0.15, 0.2) is 0 Å². The van der Waals surface area contributed by atoms with Crippen LogP contribution in [0.25, 0.3) is 5.69 Å². The molecule has 1 aromatic heterocycles. The van der Waals surface area contributed by atoms with E-state index in [1.165, 1.54) is 11.6 Å². The number of hydrogen-bond donors (Lipinski definition) is 1. The number of hydrogen-bond acceptors (Lipinski definition) is 2. The summed E-state index contributed by atoms with van der Waals surface area (Å²) >= 11 is 0. The molecule has 1 aromatic carbocycles. The summed E-state index contributed by atoms with van der Waals surface area (Å²) in [6, 6.07) is 6.79. The lowest BCUT2D eigenvalue weighted by Crippen LogP contribution is -2.23. The van der Waals surface area contributed by atoms with Gasteiger partial charge in [-0.05, 0) is 56.3 Å². The van der Waals surface area contributed by atoms with Gasteiger partial charge in [0.05, 0.1) is 5.69 Å². The highest BCUT2D eigenvalue weighted by Gasteiger charge is 2.25. The van der Waals surface area contributed by atoms with Crippen LogP contribution in [0.2, 0.25) is 0 Å². The molecule has 1 aliphatic carbocycles. The Bertz CT molecular complexity index is 603. The molecule has 0 bridgehead atoms. The van der Waals surface area contributed by atoms with Crippen LogP contribution in [0.15, 0.2) is 24.3 Å². The number of rotatable bonds is 2. The fourth-order valence-electron chi connectivity index (χ4n) is 2.89. The predicted molar refractivity (Wildman–Crippen MR) is 72.8 cm³/mol. The van der Waals surface area contributed by atoms with Gasteiger partial charge in [0.1, 0.15) is 11.5 Å². The predicted octanol–water partition coefficient (Wildman–Crippen LogP) is 2.38. The van der Waals surface area contributed by atoms with Gasteiger partial charge in [-0.2, -0.15) is 5.10 Å². The van der Waals surface area contributed by atoms with E-state index in [2.05, 4.69) is 5.10 Å². The maximum absolute atomic E-state index is 13.9. The molecule has 0 radical (unpaired) electrons. The molecule has 1 aliphatic rings. The van der Waals surface area contributed by atoms with Crippen LogP contribution in [0.3, 0.4) is 0 Å². The third-order valence-electron chi connectivity index (χ3n) is 3.99. The van der Waals surface area contributed by atoms with Gasteiger partial charge < -0.3 is 5.73 Å². The molecule has 4 heteroatoms. The normalized spacial score (nSPS) is 18.4.